The van der Waals surface area contributed by atoms with Gasteiger partial charge in [-0.2, -0.15) is 5.10 Å². The summed E-state index contributed by atoms with van der Waals surface area (Å²) in [4.78, 5) is 8.45. The predicted octanol–water partition coefficient (Wildman–Crippen LogP) is 1.37. The number of rotatable bonds is 8. The van der Waals surface area contributed by atoms with Crippen molar-refractivity contribution in [1.82, 2.24) is 25.4 Å². The molecule has 124 valence electrons. The maximum Gasteiger partial charge on any atom is 0.191 e. The van der Waals surface area contributed by atoms with Gasteiger partial charge in [0.05, 0.1) is 12.2 Å². The Morgan fingerprint density at radius 2 is 2.00 bits per heavy atom. The average molecular weight is 315 g/mol. The Bertz CT molecular complexity index is 591. The Kier molecular flexibility index (Phi) is 6.90. The minimum absolute atomic E-state index is 0.706. The second-order valence-electron chi connectivity index (χ2n) is 5.15. The van der Waals surface area contributed by atoms with Crippen LogP contribution in [0.15, 0.2) is 41.7 Å². The number of nitrogens with zero attached hydrogens (tertiary/aromatic N) is 4. The van der Waals surface area contributed by atoms with Crippen molar-refractivity contribution in [3.8, 4) is 0 Å². The zero-order valence-electron chi connectivity index (χ0n) is 13.8. The van der Waals surface area contributed by atoms with Crippen LogP contribution in [-0.4, -0.2) is 40.9 Å². The van der Waals surface area contributed by atoms with Gasteiger partial charge in [-0.15, -0.1) is 0 Å². The average Bonchev–Trinajstić information content (AvgIpc) is 2.99. The second-order valence-corrected chi connectivity index (χ2v) is 5.15. The van der Waals surface area contributed by atoms with E-state index in [-0.39, 0.29) is 0 Å². The van der Waals surface area contributed by atoms with Crippen LogP contribution in [0.3, 0.4) is 0 Å². The number of guanidine groups is 1. The highest BCUT2D eigenvalue weighted by Gasteiger charge is 2.01. The molecule has 0 unspecified atom stereocenters. The Labute approximate surface area is 137 Å². The number of anilines is 1. The fraction of sp³-hybridized carbons (Fsp3) is 0.438. The van der Waals surface area contributed by atoms with Crippen molar-refractivity contribution >= 4 is 11.8 Å². The van der Waals surface area contributed by atoms with Crippen molar-refractivity contribution < 1.29 is 0 Å². The zero-order valence-corrected chi connectivity index (χ0v) is 13.8. The lowest BCUT2D eigenvalue weighted by Gasteiger charge is -2.12. The molecular formula is C16H25N7. The number of aryl methyl sites for hydroxylation is 1. The highest BCUT2D eigenvalue weighted by atomic mass is 15.3. The van der Waals surface area contributed by atoms with Crippen LogP contribution in [0.5, 0.6) is 0 Å². The Morgan fingerprint density at radius 1 is 1.13 bits per heavy atom. The van der Waals surface area contributed by atoms with E-state index in [0.717, 1.165) is 43.4 Å². The first kappa shape index (κ1) is 16.8. The maximum atomic E-state index is 4.23. The van der Waals surface area contributed by atoms with E-state index in [1.165, 1.54) is 0 Å². The molecule has 2 aromatic heterocycles. The molecule has 0 amide bonds. The van der Waals surface area contributed by atoms with Crippen molar-refractivity contribution in [3.05, 3.63) is 42.4 Å². The molecule has 0 aromatic carbocycles. The molecule has 2 heterocycles. The lowest BCUT2D eigenvalue weighted by Crippen LogP contribution is -2.37. The van der Waals surface area contributed by atoms with Gasteiger partial charge >= 0.3 is 0 Å². The molecule has 7 heteroatoms. The van der Waals surface area contributed by atoms with E-state index in [9.17, 15) is 0 Å². The van der Waals surface area contributed by atoms with Gasteiger partial charge in [0, 0.05) is 39.6 Å². The van der Waals surface area contributed by atoms with Crippen LogP contribution in [0.2, 0.25) is 0 Å². The summed E-state index contributed by atoms with van der Waals surface area (Å²) in [7, 11) is 3.71. The van der Waals surface area contributed by atoms with Crippen LogP contribution in [-0.2, 0) is 13.6 Å². The highest BCUT2D eigenvalue weighted by molar-refractivity contribution is 5.79. The van der Waals surface area contributed by atoms with Gasteiger partial charge in [0.1, 0.15) is 5.82 Å². The quantitative estimate of drug-likeness (QED) is 0.389. The fourth-order valence-corrected chi connectivity index (χ4v) is 2.11. The smallest absolute Gasteiger partial charge is 0.191 e. The number of unbranched alkanes of at least 4 members (excludes halogenated alkanes) is 1. The van der Waals surface area contributed by atoms with Gasteiger partial charge in [-0.25, -0.2) is 4.98 Å². The van der Waals surface area contributed by atoms with E-state index >= 15 is 0 Å². The number of aliphatic imine (C=N–C) groups is 1. The summed E-state index contributed by atoms with van der Waals surface area (Å²) in [5.41, 5.74) is 1.12. The van der Waals surface area contributed by atoms with Gasteiger partial charge in [0.25, 0.3) is 0 Å². The standard InChI is InChI=1S/C16H25N7/c1-17-16(21-13-14-8-12-22-23(14)2)20-11-6-5-10-19-15-7-3-4-9-18-15/h3-4,7-9,12H,5-6,10-11,13H2,1-2H3,(H,18,19)(H2,17,20,21). The molecule has 0 saturated carbocycles. The summed E-state index contributed by atoms with van der Waals surface area (Å²) in [6, 6.07) is 7.86. The lowest BCUT2D eigenvalue weighted by molar-refractivity contribution is 0.675. The molecule has 0 fully saturated rings. The van der Waals surface area contributed by atoms with Gasteiger partial charge in [0.2, 0.25) is 0 Å². The Hall–Kier alpha value is -2.57. The summed E-state index contributed by atoms with van der Waals surface area (Å²) in [5, 5.41) is 14.0. The molecule has 7 nitrogen and oxygen atoms in total. The Morgan fingerprint density at radius 3 is 2.70 bits per heavy atom. The van der Waals surface area contributed by atoms with E-state index in [1.54, 1.807) is 19.4 Å². The van der Waals surface area contributed by atoms with Crippen molar-refractivity contribution in [2.75, 3.05) is 25.5 Å². The van der Waals surface area contributed by atoms with Gasteiger partial charge in [-0.1, -0.05) is 6.07 Å². The summed E-state index contributed by atoms with van der Waals surface area (Å²) < 4.78 is 1.85. The third kappa shape index (κ3) is 5.98. The summed E-state index contributed by atoms with van der Waals surface area (Å²) in [6.07, 6.45) is 5.72. The SMILES string of the molecule is CN=C(NCCCCNc1ccccn1)NCc1ccnn1C. The molecule has 23 heavy (non-hydrogen) atoms. The summed E-state index contributed by atoms with van der Waals surface area (Å²) in [5.74, 6) is 1.73. The summed E-state index contributed by atoms with van der Waals surface area (Å²) >= 11 is 0. The molecule has 2 rings (SSSR count). The van der Waals surface area contributed by atoms with E-state index in [1.807, 2.05) is 36.0 Å². The van der Waals surface area contributed by atoms with Gasteiger partial charge < -0.3 is 16.0 Å². The van der Waals surface area contributed by atoms with Gasteiger partial charge in [-0.3, -0.25) is 9.67 Å². The molecule has 0 saturated heterocycles. The molecule has 0 radical (unpaired) electrons. The van der Waals surface area contributed by atoms with E-state index in [2.05, 4.69) is 31.0 Å². The van der Waals surface area contributed by atoms with E-state index < -0.39 is 0 Å². The van der Waals surface area contributed by atoms with Crippen LogP contribution in [0.25, 0.3) is 0 Å². The van der Waals surface area contributed by atoms with E-state index in [4.69, 9.17) is 0 Å². The second kappa shape index (κ2) is 9.45. The van der Waals surface area contributed by atoms with Crippen LogP contribution >= 0.6 is 0 Å². The first-order chi connectivity index (χ1) is 11.3. The van der Waals surface area contributed by atoms with Crippen LogP contribution in [0, 0.1) is 0 Å². The monoisotopic (exact) mass is 315 g/mol. The predicted molar refractivity (Wildman–Crippen MR) is 93.4 cm³/mol. The molecule has 0 bridgehead atoms. The molecule has 0 spiro atoms. The molecule has 0 aliphatic rings. The molecule has 2 aromatic rings. The largest absolute Gasteiger partial charge is 0.370 e. The minimum atomic E-state index is 0.706. The van der Waals surface area contributed by atoms with E-state index in [0.29, 0.717) is 6.54 Å². The van der Waals surface area contributed by atoms with Gasteiger partial charge in [-0.05, 0) is 31.0 Å². The third-order valence-electron chi connectivity index (χ3n) is 3.45. The molecule has 0 aliphatic carbocycles. The minimum Gasteiger partial charge on any atom is -0.370 e. The molecular weight excluding hydrogens is 290 g/mol. The van der Waals surface area contributed by atoms with Gasteiger partial charge in [0.15, 0.2) is 5.96 Å². The number of hydrogen-bond donors (Lipinski definition) is 3. The lowest BCUT2D eigenvalue weighted by atomic mass is 10.3. The van der Waals surface area contributed by atoms with Crippen LogP contribution in [0.4, 0.5) is 5.82 Å². The van der Waals surface area contributed by atoms with Crippen molar-refractivity contribution in [3.63, 3.8) is 0 Å². The Balaban J connectivity index is 1.56. The van der Waals surface area contributed by atoms with Crippen LogP contribution < -0.4 is 16.0 Å². The number of pyridine rings is 1. The first-order valence-corrected chi connectivity index (χ1v) is 7.86. The number of hydrogen-bond acceptors (Lipinski definition) is 4. The normalized spacial score (nSPS) is 11.3. The first-order valence-electron chi connectivity index (χ1n) is 7.86. The van der Waals surface area contributed by atoms with Crippen molar-refractivity contribution in [2.24, 2.45) is 12.0 Å². The maximum absolute atomic E-state index is 4.23. The van der Waals surface area contributed by atoms with Crippen molar-refractivity contribution in [1.29, 1.82) is 0 Å². The number of aromatic nitrogens is 3. The molecule has 0 atom stereocenters. The topological polar surface area (TPSA) is 79.2 Å². The van der Waals surface area contributed by atoms with Crippen LogP contribution in [0.1, 0.15) is 18.5 Å². The number of nitrogens with one attached hydrogen (secondary N) is 3. The van der Waals surface area contributed by atoms with Crippen molar-refractivity contribution in [2.45, 2.75) is 19.4 Å². The summed E-state index contributed by atoms with van der Waals surface area (Å²) in [6.45, 7) is 2.51. The highest BCUT2D eigenvalue weighted by Crippen LogP contribution is 2.00. The zero-order chi connectivity index (χ0) is 16.3. The third-order valence-corrected chi connectivity index (χ3v) is 3.45. The molecule has 3 N–H and O–H groups in total. The fourth-order valence-electron chi connectivity index (χ4n) is 2.11. The molecule has 0 aliphatic heterocycles.